The Balaban J connectivity index is 1.76. The Kier molecular flexibility index (Phi) is 4.17. The van der Waals surface area contributed by atoms with Crippen molar-refractivity contribution < 1.29 is 4.42 Å². The smallest absolute Gasteiger partial charge is 0.133 e. The molecule has 5 nitrogen and oxygen atoms in total. The van der Waals surface area contributed by atoms with Gasteiger partial charge in [-0.3, -0.25) is 0 Å². The van der Waals surface area contributed by atoms with Gasteiger partial charge in [0.05, 0.1) is 11.3 Å². The number of nitrogens with zero attached hydrogens (tertiary/aromatic N) is 3. The quantitative estimate of drug-likeness (QED) is 0.760. The predicted octanol–water partition coefficient (Wildman–Crippen LogP) is 2.95. The van der Waals surface area contributed by atoms with Crippen molar-refractivity contribution in [1.29, 1.82) is 0 Å². The zero-order chi connectivity index (χ0) is 14.7. The Morgan fingerprint density at radius 1 is 1.38 bits per heavy atom. The van der Waals surface area contributed by atoms with Gasteiger partial charge in [-0.1, -0.05) is 6.92 Å². The van der Waals surface area contributed by atoms with Crippen molar-refractivity contribution in [3.05, 3.63) is 59.0 Å². The molecule has 0 fully saturated rings. The predicted molar refractivity (Wildman–Crippen MR) is 82.3 cm³/mol. The fourth-order valence-corrected chi connectivity index (χ4v) is 2.99. The Morgan fingerprint density at radius 3 is 2.90 bits per heavy atom. The molecule has 0 radical (unpaired) electrons. The third-order valence-electron chi connectivity index (χ3n) is 3.45. The van der Waals surface area contributed by atoms with E-state index in [-0.39, 0.29) is 6.04 Å². The van der Waals surface area contributed by atoms with Crippen molar-refractivity contribution in [2.45, 2.75) is 18.9 Å². The van der Waals surface area contributed by atoms with Crippen molar-refractivity contribution in [2.24, 2.45) is 7.05 Å². The van der Waals surface area contributed by atoms with E-state index in [1.54, 1.807) is 23.8 Å². The monoisotopic (exact) mass is 302 g/mol. The molecule has 2 atom stereocenters. The molecule has 3 aromatic rings. The second kappa shape index (κ2) is 6.24. The first-order valence-corrected chi connectivity index (χ1v) is 7.77. The number of imidazole rings is 1. The fourth-order valence-electron chi connectivity index (χ4n) is 2.29. The van der Waals surface area contributed by atoms with E-state index in [0.29, 0.717) is 5.92 Å². The minimum atomic E-state index is -0.0533. The van der Waals surface area contributed by atoms with E-state index in [1.807, 2.05) is 41.5 Å². The summed E-state index contributed by atoms with van der Waals surface area (Å²) in [5.41, 5.74) is 0. The van der Waals surface area contributed by atoms with Gasteiger partial charge < -0.3 is 14.3 Å². The number of thiazole rings is 1. The van der Waals surface area contributed by atoms with Gasteiger partial charge in [-0.25, -0.2) is 9.97 Å². The van der Waals surface area contributed by atoms with E-state index >= 15 is 0 Å². The zero-order valence-electron chi connectivity index (χ0n) is 12.1. The SMILES string of the molecule is CC(CNC(c1ccco1)c1nccn1C)c1nccs1. The Hall–Kier alpha value is -1.92. The molecule has 6 heteroatoms. The van der Waals surface area contributed by atoms with E-state index in [4.69, 9.17) is 4.42 Å². The van der Waals surface area contributed by atoms with Gasteiger partial charge in [0.15, 0.2) is 0 Å². The number of furan rings is 1. The van der Waals surface area contributed by atoms with Gasteiger partial charge in [-0.15, -0.1) is 11.3 Å². The van der Waals surface area contributed by atoms with Crippen molar-refractivity contribution in [1.82, 2.24) is 19.9 Å². The first kappa shape index (κ1) is 14.0. The van der Waals surface area contributed by atoms with Crippen LogP contribution in [0.1, 0.15) is 35.5 Å². The van der Waals surface area contributed by atoms with Crippen LogP contribution >= 0.6 is 11.3 Å². The zero-order valence-corrected chi connectivity index (χ0v) is 12.9. The summed E-state index contributed by atoms with van der Waals surface area (Å²) in [5, 5.41) is 6.69. The van der Waals surface area contributed by atoms with Gasteiger partial charge in [-0.05, 0) is 12.1 Å². The molecule has 3 aromatic heterocycles. The van der Waals surface area contributed by atoms with Crippen molar-refractivity contribution in [2.75, 3.05) is 6.54 Å². The molecular weight excluding hydrogens is 284 g/mol. The maximum Gasteiger partial charge on any atom is 0.133 e. The number of hydrogen-bond donors (Lipinski definition) is 1. The molecule has 0 aliphatic rings. The molecule has 21 heavy (non-hydrogen) atoms. The summed E-state index contributed by atoms with van der Waals surface area (Å²) in [6.45, 7) is 2.98. The normalized spacial score (nSPS) is 14.2. The summed E-state index contributed by atoms with van der Waals surface area (Å²) in [5.74, 6) is 2.16. The lowest BCUT2D eigenvalue weighted by molar-refractivity contribution is 0.423. The van der Waals surface area contributed by atoms with Crippen LogP contribution in [0, 0.1) is 0 Å². The van der Waals surface area contributed by atoms with E-state index in [2.05, 4.69) is 22.2 Å². The highest BCUT2D eigenvalue weighted by Crippen LogP contribution is 2.23. The summed E-state index contributed by atoms with van der Waals surface area (Å²) in [7, 11) is 1.99. The Bertz CT molecular complexity index is 660. The molecule has 0 saturated carbocycles. The molecule has 3 heterocycles. The van der Waals surface area contributed by atoms with Crippen LogP contribution in [0.2, 0.25) is 0 Å². The highest BCUT2D eigenvalue weighted by molar-refractivity contribution is 7.09. The van der Waals surface area contributed by atoms with Gasteiger partial charge in [0.25, 0.3) is 0 Å². The second-order valence-corrected chi connectivity index (χ2v) is 5.95. The van der Waals surface area contributed by atoms with Gasteiger partial charge >= 0.3 is 0 Å². The molecule has 1 N–H and O–H groups in total. The van der Waals surface area contributed by atoms with Crippen molar-refractivity contribution >= 4 is 11.3 Å². The number of rotatable bonds is 6. The van der Waals surface area contributed by atoms with Gasteiger partial charge in [0.2, 0.25) is 0 Å². The van der Waals surface area contributed by atoms with Crippen LogP contribution in [0.15, 0.2) is 46.8 Å². The Morgan fingerprint density at radius 2 is 2.29 bits per heavy atom. The molecule has 0 aromatic carbocycles. The number of hydrogen-bond acceptors (Lipinski definition) is 5. The van der Waals surface area contributed by atoms with Crippen LogP contribution < -0.4 is 5.32 Å². The highest BCUT2D eigenvalue weighted by atomic mass is 32.1. The third kappa shape index (κ3) is 3.06. The topological polar surface area (TPSA) is 55.9 Å². The molecule has 0 amide bonds. The highest BCUT2D eigenvalue weighted by Gasteiger charge is 2.21. The van der Waals surface area contributed by atoms with Crippen LogP contribution in [0.5, 0.6) is 0 Å². The lowest BCUT2D eigenvalue weighted by atomic mass is 10.1. The van der Waals surface area contributed by atoms with Gasteiger partial charge in [0, 0.05) is 43.5 Å². The molecule has 3 rings (SSSR count). The summed E-state index contributed by atoms with van der Waals surface area (Å²) in [4.78, 5) is 8.81. The molecule has 0 bridgehead atoms. The minimum Gasteiger partial charge on any atom is -0.467 e. The average molecular weight is 302 g/mol. The Labute approximate surface area is 127 Å². The first-order valence-electron chi connectivity index (χ1n) is 6.89. The van der Waals surface area contributed by atoms with Crippen LogP contribution in [0.4, 0.5) is 0 Å². The lowest BCUT2D eigenvalue weighted by Gasteiger charge is -2.18. The maximum atomic E-state index is 5.57. The third-order valence-corrected chi connectivity index (χ3v) is 4.45. The summed E-state index contributed by atoms with van der Waals surface area (Å²) in [6.07, 6.45) is 7.28. The summed E-state index contributed by atoms with van der Waals surface area (Å²) in [6, 6.07) is 3.82. The first-order chi connectivity index (χ1) is 10.3. The lowest BCUT2D eigenvalue weighted by Crippen LogP contribution is -2.28. The molecule has 2 unspecified atom stereocenters. The van der Waals surface area contributed by atoms with E-state index < -0.39 is 0 Å². The van der Waals surface area contributed by atoms with E-state index in [9.17, 15) is 0 Å². The molecule has 0 saturated heterocycles. The largest absolute Gasteiger partial charge is 0.467 e. The van der Waals surface area contributed by atoms with Crippen molar-refractivity contribution in [3.8, 4) is 0 Å². The standard InChI is InChI=1S/C15H18N4OS/c1-11(15-17-6-9-21-15)10-18-13(12-4-3-8-20-12)14-16-5-7-19(14)2/h3-9,11,13,18H,10H2,1-2H3. The molecule has 0 spiro atoms. The van der Waals surface area contributed by atoms with Crippen LogP contribution in [0.25, 0.3) is 0 Å². The second-order valence-electron chi connectivity index (χ2n) is 5.02. The molecule has 0 aliphatic carbocycles. The summed E-state index contributed by atoms with van der Waals surface area (Å²) < 4.78 is 7.58. The van der Waals surface area contributed by atoms with Crippen LogP contribution in [-0.4, -0.2) is 21.1 Å². The molecular formula is C15H18N4OS. The maximum absolute atomic E-state index is 5.57. The van der Waals surface area contributed by atoms with E-state index in [1.165, 1.54) is 0 Å². The number of nitrogens with one attached hydrogen (secondary N) is 1. The average Bonchev–Trinajstić information content (AvgIpc) is 3.21. The minimum absolute atomic E-state index is 0.0533. The fraction of sp³-hybridized carbons (Fsp3) is 0.333. The molecule has 110 valence electrons. The number of aromatic nitrogens is 3. The van der Waals surface area contributed by atoms with Crippen LogP contribution in [-0.2, 0) is 7.05 Å². The van der Waals surface area contributed by atoms with Crippen LogP contribution in [0.3, 0.4) is 0 Å². The molecule has 0 aliphatic heterocycles. The number of aryl methyl sites for hydroxylation is 1. The van der Waals surface area contributed by atoms with Crippen molar-refractivity contribution in [3.63, 3.8) is 0 Å². The summed E-state index contributed by atoms with van der Waals surface area (Å²) >= 11 is 1.69. The van der Waals surface area contributed by atoms with Gasteiger partial charge in [-0.2, -0.15) is 0 Å². The van der Waals surface area contributed by atoms with Gasteiger partial charge in [0.1, 0.15) is 17.6 Å². The van der Waals surface area contributed by atoms with E-state index in [0.717, 1.165) is 23.1 Å².